The zero-order chi connectivity index (χ0) is 49.6. The molecule has 0 radical (unpaired) electrons. The van der Waals surface area contributed by atoms with Crippen LogP contribution in [0.5, 0.6) is 0 Å². The molecule has 7 nitrogen and oxygen atoms in total. The van der Waals surface area contributed by atoms with E-state index in [4.69, 9.17) is 5.11 Å². The van der Waals surface area contributed by atoms with Crippen molar-refractivity contribution in [2.75, 3.05) is 0 Å². The van der Waals surface area contributed by atoms with Gasteiger partial charge in [0.05, 0.1) is 0 Å². The predicted octanol–water partition coefficient (Wildman–Crippen LogP) is 10.5. The number of carbonyl (C=O) groups is 1. The van der Waals surface area contributed by atoms with Gasteiger partial charge in [0.15, 0.2) is 0 Å². The number of halogens is 35. The third-order valence-corrected chi connectivity index (χ3v) is 5.66. The highest BCUT2D eigenvalue weighted by molar-refractivity contribution is 5.76. The minimum absolute atomic E-state index is 0.672. The van der Waals surface area contributed by atoms with Crippen molar-refractivity contribution in [2.24, 2.45) is 0 Å². The van der Waals surface area contributed by atoms with Crippen molar-refractivity contribution in [1.82, 2.24) is 0 Å². The van der Waals surface area contributed by atoms with Crippen LogP contribution in [0.25, 0.3) is 0 Å². The molecule has 42 heteroatoms. The van der Waals surface area contributed by atoms with E-state index in [1.807, 2.05) is 0 Å². The number of carboxylic acids is 1. The Kier molecular flexibility index (Phi) is 13.9. The second-order valence-corrected chi connectivity index (χ2v) is 9.94. The molecule has 0 fully saturated rings. The van der Waals surface area contributed by atoms with Crippen LogP contribution in [-0.4, -0.2) is 114 Å². The third kappa shape index (κ3) is 9.14. The molecule has 0 aromatic heterocycles. The van der Waals surface area contributed by atoms with E-state index in [2.05, 4.69) is 0 Å². The number of ether oxygens (including phenoxy) is 5. The van der Waals surface area contributed by atoms with Crippen molar-refractivity contribution in [2.45, 2.75) is 103 Å². The first-order chi connectivity index (χ1) is 25.2. The summed E-state index contributed by atoms with van der Waals surface area (Å²) in [5, 5.41) is 7.98. The lowest BCUT2D eigenvalue weighted by Crippen LogP contribution is -2.73. The Bertz CT molecular complexity index is 1540. The van der Waals surface area contributed by atoms with Gasteiger partial charge in [-0.3, -0.25) is 23.7 Å². The summed E-state index contributed by atoms with van der Waals surface area (Å²) in [6.07, 6.45) is -98.3. The van der Waals surface area contributed by atoms with Crippen LogP contribution in [-0.2, 0) is 28.5 Å². The standard InChI is InChI=1S/C18HF35O7/c19-2(1(54)55,8(26,27)28)56-15(46,47)4(22,10(32,33)34)58-17(50,51)6(24,12(38,39)40)60-18(52,53)7(25,13(41,42)43)59-16(48,49)5(23,11(35,36)37)57-14(44,45)3(20,21)9(29,30)31/h(H,54,55)/t2-,4-,5+,6+,7+/m0/s1. The van der Waals surface area contributed by atoms with E-state index in [-0.39, 0.29) is 0 Å². The minimum atomic E-state index is -9.62. The van der Waals surface area contributed by atoms with Gasteiger partial charge in [0.25, 0.3) is 0 Å². The molecule has 0 aromatic rings. The summed E-state index contributed by atoms with van der Waals surface area (Å²) >= 11 is 0. The van der Waals surface area contributed by atoms with Crippen molar-refractivity contribution >= 4 is 5.97 Å². The highest BCUT2D eigenvalue weighted by atomic mass is 19.5. The predicted molar refractivity (Wildman–Crippen MR) is 98.3 cm³/mol. The summed E-state index contributed by atoms with van der Waals surface area (Å²) in [4.78, 5) is 10.3. The normalized spacial score (nSPS) is 20.7. The van der Waals surface area contributed by atoms with Gasteiger partial charge in [-0.1, -0.05) is 0 Å². The summed E-state index contributed by atoms with van der Waals surface area (Å²) in [6.45, 7) is 0. The zero-order valence-electron chi connectivity index (χ0n) is 25.1. The number of alkyl halides is 35. The Labute approximate surface area is 297 Å². The summed E-state index contributed by atoms with van der Waals surface area (Å²) in [6, 6.07) is 0. The van der Waals surface area contributed by atoms with Gasteiger partial charge in [0, 0.05) is 0 Å². The summed E-state index contributed by atoms with van der Waals surface area (Å²) in [7, 11) is 0. The molecule has 0 rings (SSSR count). The Morgan fingerprint density at radius 3 is 0.600 bits per heavy atom. The molecule has 0 spiro atoms. The number of aliphatic carboxylic acids is 1. The molecule has 0 unspecified atom stereocenters. The van der Waals surface area contributed by atoms with Gasteiger partial charge in [-0.05, 0) is 0 Å². The lowest BCUT2D eigenvalue weighted by molar-refractivity contribution is -0.600. The first-order valence-electron chi connectivity index (χ1n) is 12.1. The fraction of sp³-hybridized carbons (Fsp3) is 0.944. The molecule has 1 N–H and O–H groups in total. The van der Waals surface area contributed by atoms with Gasteiger partial charge in [0.1, 0.15) is 0 Å². The van der Waals surface area contributed by atoms with Gasteiger partial charge in [0.2, 0.25) is 0 Å². The Morgan fingerprint density at radius 1 is 0.267 bits per heavy atom. The minimum Gasteiger partial charge on any atom is -0.477 e. The number of hydrogen-bond acceptors (Lipinski definition) is 6. The van der Waals surface area contributed by atoms with E-state index in [1.54, 1.807) is 0 Å². The first kappa shape index (κ1) is 56.8. The third-order valence-electron chi connectivity index (χ3n) is 5.66. The average molecular weight is 994 g/mol. The summed E-state index contributed by atoms with van der Waals surface area (Å²) in [5.74, 6) is -58.6. The van der Waals surface area contributed by atoms with E-state index in [1.165, 1.54) is 4.74 Å². The topological polar surface area (TPSA) is 83.5 Å². The van der Waals surface area contributed by atoms with Crippen LogP contribution in [0.1, 0.15) is 0 Å². The van der Waals surface area contributed by atoms with E-state index >= 15 is 0 Å². The number of hydrogen-bond donors (Lipinski definition) is 1. The van der Waals surface area contributed by atoms with Gasteiger partial charge in [-0.25, -0.2) is 4.79 Å². The second kappa shape index (κ2) is 14.7. The molecule has 0 aliphatic carbocycles. The van der Waals surface area contributed by atoms with Crippen molar-refractivity contribution in [3.8, 4) is 0 Å². The fourth-order valence-corrected chi connectivity index (χ4v) is 2.73. The van der Waals surface area contributed by atoms with Crippen molar-refractivity contribution in [3.63, 3.8) is 0 Å². The monoisotopic (exact) mass is 994 g/mol. The molecular weight excluding hydrogens is 993 g/mol. The molecule has 0 heterocycles. The summed E-state index contributed by atoms with van der Waals surface area (Å²) in [5.41, 5.74) is 0. The molecule has 0 aliphatic heterocycles. The molecule has 0 aliphatic rings. The molecule has 0 saturated carbocycles. The van der Waals surface area contributed by atoms with Gasteiger partial charge < -0.3 is 5.11 Å². The lowest BCUT2D eigenvalue weighted by atomic mass is 10.2. The van der Waals surface area contributed by atoms with Crippen molar-refractivity contribution in [1.29, 1.82) is 0 Å². The molecule has 360 valence electrons. The maximum absolute atomic E-state index is 14.6. The maximum atomic E-state index is 14.6. The van der Waals surface area contributed by atoms with E-state index in [9.17, 15) is 158 Å². The quantitative estimate of drug-likeness (QED) is 0.154. The summed E-state index contributed by atoms with van der Waals surface area (Å²) < 4.78 is 472. The Morgan fingerprint density at radius 2 is 0.450 bits per heavy atom. The zero-order valence-corrected chi connectivity index (χ0v) is 25.1. The fourth-order valence-electron chi connectivity index (χ4n) is 2.73. The highest BCUT2D eigenvalue weighted by Crippen LogP contribution is 2.62. The SMILES string of the molecule is O=C(O)[C@](F)(OC(F)(F)[C@@](F)(OC(F)(F)[C@](F)(OC(F)(F)[C@](F)(OC(F)(F)[C@](F)(OC(F)(F)C(F)(F)C(F)(F)F)C(F)(F)F)C(F)(F)F)C(F)(F)F)C(F)(F)F)C(F)(F)F. The van der Waals surface area contributed by atoms with Crippen LogP contribution >= 0.6 is 0 Å². The molecule has 0 bridgehead atoms. The van der Waals surface area contributed by atoms with Gasteiger partial charge >= 0.3 is 109 Å². The van der Waals surface area contributed by atoms with E-state index < -0.39 is 109 Å². The van der Waals surface area contributed by atoms with Gasteiger partial charge in [-0.15, -0.1) is 0 Å². The van der Waals surface area contributed by atoms with Crippen LogP contribution in [0.4, 0.5) is 154 Å². The first-order valence-corrected chi connectivity index (χ1v) is 12.1. The highest BCUT2D eigenvalue weighted by Gasteiger charge is 2.91. The van der Waals surface area contributed by atoms with E-state index in [0.29, 0.717) is 9.47 Å². The van der Waals surface area contributed by atoms with Crippen molar-refractivity contribution < 1.29 is 187 Å². The van der Waals surface area contributed by atoms with Crippen LogP contribution in [0, 0.1) is 0 Å². The molecule has 0 amide bonds. The van der Waals surface area contributed by atoms with Crippen molar-refractivity contribution in [3.05, 3.63) is 0 Å². The van der Waals surface area contributed by atoms with E-state index in [0.717, 1.165) is 9.47 Å². The second-order valence-electron chi connectivity index (χ2n) is 9.94. The van der Waals surface area contributed by atoms with Crippen LogP contribution in [0.3, 0.4) is 0 Å². The molecule has 5 atom stereocenters. The lowest BCUT2D eigenvalue weighted by Gasteiger charge is -2.44. The molecule has 0 saturated heterocycles. The molecular formula is C18HF35O7. The molecule has 60 heavy (non-hydrogen) atoms. The Balaban J connectivity index is 8.02. The largest absolute Gasteiger partial charge is 0.477 e. The van der Waals surface area contributed by atoms with Crippen LogP contribution in [0.2, 0.25) is 0 Å². The van der Waals surface area contributed by atoms with Crippen LogP contribution in [0.15, 0.2) is 0 Å². The van der Waals surface area contributed by atoms with Crippen LogP contribution < -0.4 is 0 Å². The molecule has 0 aromatic carbocycles. The smallest absolute Gasteiger partial charge is 0.462 e. The maximum Gasteiger partial charge on any atom is 0.462 e. The average Bonchev–Trinajstić information content (AvgIpc) is 2.91. The number of rotatable bonds is 16. The number of carboxylic acid groups (broad SMARTS) is 1. The Hall–Kier alpha value is -3.18. The van der Waals surface area contributed by atoms with Gasteiger partial charge in [-0.2, -0.15) is 154 Å².